The van der Waals surface area contributed by atoms with Crippen molar-refractivity contribution in [3.8, 4) is 16.9 Å². The molecule has 0 spiro atoms. The molecule has 0 radical (unpaired) electrons. The molecule has 144 valence electrons. The van der Waals surface area contributed by atoms with E-state index < -0.39 is 5.60 Å². The van der Waals surface area contributed by atoms with E-state index in [4.69, 9.17) is 15.2 Å². The number of anilines is 1. The van der Waals surface area contributed by atoms with Crippen molar-refractivity contribution >= 4 is 11.8 Å². The lowest BCUT2D eigenvalue weighted by Crippen LogP contribution is -2.42. The number of nitrogens with two attached hydrogens (primary N) is 1. The molecular weight excluding hydrogens is 342 g/mol. The average Bonchev–Trinajstić information content (AvgIpc) is 3.07. The minimum atomic E-state index is -0.499. The van der Waals surface area contributed by atoms with Gasteiger partial charge in [0, 0.05) is 24.0 Å². The van der Waals surface area contributed by atoms with E-state index in [1.165, 1.54) is 0 Å². The summed E-state index contributed by atoms with van der Waals surface area (Å²) in [4.78, 5) is 18.4. The van der Waals surface area contributed by atoms with Gasteiger partial charge in [0.25, 0.3) is 0 Å². The third-order valence-corrected chi connectivity index (χ3v) is 4.38. The Balaban J connectivity index is 1.64. The van der Waals surface area contributed by atoms with Gasteiger partial charge in [0.15, 0.2) is 0 Å². The number of amides is 1. The van der Waals surface area contributed by atoms with Gasteiger partial charge in [-0.15, -0.1) is 0 Å². The molecule has 2 aromatic rings. The Hall–Kier alpha value is -2.76. The molecule has 2 N–H and O–H groups in total. The van der Waals surface area contributed by atoms with Crippen molar-refractivity contribution in [2.45, 2.75) is 45.3 Å². The molecule has 27 heavy (non-hydrogen) atoms. The lowest BCUT2D eigenvalue weighted by atomic mass is 10.1. The van der Waals surface area contributed by atoms with Crippen LogP contribution in [0, 0.1) is 0 Å². The predicted octanol–water partition coefficient (Wildman–Crippen LogP) is 4.11. The van der Waals surface area contributed by atoms with E-state index in [-0.39, 0.29) is 12.1 Å². The van der Waals surface area contributed by atoms with Gasteiger partial charge in [0.1, 0.15) is 18.0 Å². The van der Waals surface area contributed by atoms with Crippen LogP contribution in [0.5, 0.6) is 5.75 Å². The van der Waals surface area contributed by atoms with E-state index in [2.05, 4.69) is 4.98 Å². The first kappa shape index (κ1) is 19.0. The molecule has 1 fully saturated rings. The second-order valence-electron chi connectivity index (χ2n) is 7.82. The van der Waals surface area contributed by atoms with Crippen LogP contribution < -0.4 is 10.5 Å². The summed E-state index contributed by atoms with van der Waals surface area (Å²) < 4.78 is 11.4. The number of likely N-dealkylation sites (tertiary alicyclic amines) is 1. The van der Waals surface area contributed by atoms with E-state index in [9.17, 15) is 4.79 Å². The van der Waals surface area contributed by atoms with Crippen LogP contribution in [-0.2, 0) is 4.74 Å². The molecule has 2 heterocycles. The summed E-state index contributed by atoms with van der Waals surface area (Å²) in [5.41, 5.74) is 8.00. The van der Waals surface area contributed by atoms with Gasteiger partial charge in [0.2, 0.25) is 0 Å². The Morgan fingerprint density at radius 3 is 2.81 bits per heavy atom. The van der Waals surface area contributed by atoms with E-state index in [1.54, 1.807) is 17.3 Å². The second-order valence-corrected chi connectivity index (χ2v) is 7.82. The van der Waals surface area contributed by atoms with Gasteiger partial charge in [-0.3, -0.25) is 4.98 Å². The quantitative estimate of drug-likeness (QED) is 0.821. The van der Waals surface area contributed by atoms with Crippen LogP contribution in [0.1, 0.15) is 33.6 Å². The molecule has 0 bridgehead atoms. The van der Waals surface area contributed by atoms with Crippen molar-refractivity contribution in [1.29, 1.82) is 0 Å². The highest BCUT2D eigenvalue weighted by Crippen LogP contribution is 2.26. The smallest absolute Gasteiger partial charge is 0.410 e. The van der Waals surface area contributed by atoms with Gasteiger partial charge in [-0.25, -0.2) is 4.79 Å². The number of nitrogen functional groups attached to an aromatic ring is 1. The molecule has 1 saturated heterocycles. The number of carbonyl (C=O) groups is 1. The predicted molar refractivity (Wildman–Crippen MR) is 106 cm³/mol. The van der Waals surface area contributed by atoms with E-state index >= 15 is 0 Å². The summed E-state index contributed by atoms with van der Waals surface area (Å²) in [5.74, 6) is 0.672. The van der Waals surface area contributed by atoms with Crippen molar-refractivity contribution in [3.05, 3.63) is 42.7 Å². The Morgan fingerprint density at radius 2 is 2.07 bits per heavy atom. The monoisotopic (exact) mass is 369 g/mol. The Morgan fingerprint density at radius 1 is 1.26 bits per heavy atom. The molecule has 1 atom stereocenters. The molecular formula is C21H27N3O3. The summed E-state index contributed by atoms with van der Waals surface area (Å²) in [6.07, 6.45) is 5.05. The molecule has 1 aromatic heterocycles. The van der Waals surface area contributed by atoms with E-state index in [1.807, 2.05) is 51.1 Å². The molecule has 0 aliphatic carbocycles. The van der Waals surface area contributed by atoms with Crippen LogP contribution >= 0.6 is 0 Å². The number of ether oxygens (including phenoxy) is 2. The first-order valence-corrected chi connectivity index (χ1v) is 9.25. The summed E-state index contributed by atoms with van der Waals surface area (Å²) in [6.45, 7) is 6.74. The number of rotatable bonds is 4. The molecule has 0 unspecified atom stereocenters. The fourth-order valence-corrected chi connectivity index (χ4v) is 3.14. The third-order valence-electron chi connectivity index (χ3n) is 4.38. The van der Waals surface area contributed by atoms with Gasteiger partial charge in [-0.2, -0.15) is 0 Å². The maximum Gasteiger partial charge on any atom is 0.410 e. The Labute approximate surface area is 160 Å². The number of hydrogen-bond acceptors (Lipinski definition) is 5. The molecule has 1 aromatic carbocycles. The zero-order valence-electron chi connectivity index (χ0n) is 16.1. The number of hydrogen-bond donors (Lipinski definition) is 1. The summed E-state index contributed by atoms with van der Waals surface area (Å²) in [6, 6.07) is 9.60. The first-order chi connectivity index (χ1) is 12.8. The normalized spacial score (nSPS) is 17.0. The molecule has 0 saturated carbocycles. The number of benzene rings is 1. The lowest BCUT2D eigenvalue weighted by molar-refractivity contribution is 0.0187. The van der Waals surface area contributed by atoms with Gasteiger partial charge < -0.3 is 20.1 Å². The maximum absolute atomic E-state index is 12.4. The fourth-order valence-electron chi connectivity index (χ4n) is 3.14. The second kappa shape index (κ2) is 7.86. The highest BCUT2D eigenvalue weighted by atomic mass is 16.6. The first-order valence-electron chi connectivity index (χ1n) is 9.25. The Kier molecular flexibility index (Phi) is 5.54. The Bertz CT molecular complexity index is 801. The fraction of sp³-hybridized carbons (Fsp3) is 0.429. The number of nitrogens with zero attached hydrogens (tertiary/aromatic N) is 2. The molecule has 3 rings (SSSR count). The van der Waals surface area contributed by atoms with Crippen molar-refractivity contribution in [3.63, 3.8) is 0 Å². The largest absolute Gasteiger partial charge is 0.490 e. The maximum atomic E-state index is 12.4. The van der Waals surface area contributed by atoms with Crippen LogP contribution in [0.3, 0.4) is 0 Å². The highest BCUT2D eigenvalue weighted by molar-refractivity contribution is 5.69. The van der Waals surface area contributed by atoms with Crippen LogP contribution in [0.4, 0.5) is 10.5 Å². The van der Waals surface area contributed by atoms with Crippen LogP contribution in [0.15, 0.2) is 42.7 Å². The molecule has 6 heteroatoms. The summed E-state index contributed by atoms with van der Waals surface area (Å²) in [7, 11) is 0. The van der Waals surface area contributed by atoms with Crippen molar-refractivity contribution in [1.82, 2.24) is 9.88 Å². The SMILES string of the molecule is CC(C)(C)OC(=O)N1CCC[C@@H]1COc1cncc(-c2cccc(N)c2)c1. The van der Waals surface area contributed by atoms with Gasteiger partial charge in [-0.1, -0.05) is 12.1 Å². The van der Waals surface area contributed by atoms with E-state index in [0.29, 0.717) is 24.6 Å². The van der Waals surface area contributed by atoms with Crippen LogP contribution in [-0.4, -0.2) is 40.8 Å². The topological polar surface area (TPSA) is 77.7 Å². The van der Waals surface area contributed by atoms with Crippen molar-refractivity contribution in [2.24, 2.45) is 0 Å². The minimum Gasteiger partial charge on any atom is -0.490 e. The molecule has 1 aliphatic rings. The van der Waals surface area contributed by atoms with Gasteiger partial charge in [0.05, 0.1) is 12.2 Å². The van der Waals surface area contributed by atoms with E-state index in [0.717, 1.165) is 24.0 Å². The van der Waals surface area contributed by atoms with Crippen molar-refractivity contribution in [2.75, 3.05) is 18.9 Å². The third kappa shape index (κ3) is 5.12. The van der Waals surface area contributed by atoms with Crippen LogP contribution in [0.2, 0.25) is 0 Å². The zero-order chi connectivity index (χ0) is 19.4. The summed E-state index contributed by atoms with van der Waals surface area (Å²) in [5, 5.41) is 0. The van der Waals surface area contributed by atoms with Crippen LogP contribution in [0.25, 0.3) is 11.1 Å². The average molecular weight is 369 g/mol. The summed E-state index contributed by atoms with van der Waals surface area (Å²) >= 11 is 0. The van der Waals surface area contributed by atoms with Gasteiger partial charge in [-0.05, 0) is 57.4 Å². The van der Waals surface area contributed by atoms with Gasteiger partial charge >= 0.3 is 6.09 Å². The molecule has 1 amide bonds. The van der Waals surface area contributed by atoms with Crippen molar-refractivity contribution < 1.29 is 14.3 Å². The number of carbonyl (C=O) groups excluding carboxylic acids is 1. The highest BCUT2D eigenvalue weighted by Gasteiger charge is 2.32. The number of aromatic nitrogens is 1. The minimum absolute atomic E-state index is 0.0101. The zero-order valence-corrected chi connectivity index (χ0v) is 16.1. The number of pyridine rings is 1. The molecule has 1 aliphatic heterocycles. The standard InChI is InChI=1S/C21H27N3O3/c1-21(2,3)27-20(25)24-9-5-8-18(24)14-26-19-11-16(12-23-13-19)15-6-4-7-17(22)10-15/h4,6-7,10-13,18H,5,8-9,14,22H2,1-3H3/t18-/m1/s1. The molecule has 6 nitrogen and oxygen atoms in total. The lowest BCUT2D eigenvalue weighted by Gasteiger charge is -2.28.